The van der Waals surface area contributed by atoms with Gasteiger partial charge in [-0.15, -0.1) is 0 Å². The molecule has 4 saturated carbocycles. The quantitative estimate of drug-likeness (QED) is 0.521. The molecule has 6 atom stereocenters. The second-order valence-corrected chi connectivity index (χ2v) is 12.4. The van der Waals surface area contributed by atoms with Gasteiger partial charge >= 0.3 is 0 Å². The molecule has 4 aliphatic carbocycles. The number of rotatable bonds is 4. The molecule has 2 aromatic rings. The summed E-state index contributed by atoms with van der Waals surface area (Å²) < 4.78 is 0. The number of hydrogen-bond donors (Lipinski definition) is 2. The van der Waals surface area contributed by atoms with Crippen molar-refractivity contribution in [2.75, 3.05) is 0 Å². The van der Waals surface area contributed by atoms with E-state index in [0.29, 0.717) is 40.2 Å². The highest BCUT2D eigenvalue weighted by molar-refractivity contribution is 5.97. The van der Waals surface area contributed by atoms with Gasteiger partial charge in [0, 0.05) is 52.8 Å². The molecule has 2 heterocycles. The predicted octanol–water partition coefficient (Wildman–Crippen LogP) is 5.39. The highest BCUT2D eigenvalue weighted by Crippen LogP contribution is 2.65. The molecule has 0 unspecified atom stereocenters. The van der Waals surface area contributed by atoms with Gasteiger partial charge in [-0.3, -0.25) is 19.6 Å². The largest absolute Gasteiger partial charge is 0.271 e. The number of hydrazone groups is 2. The molecule has 0 saturated heterocycles. The second-order valence-electron chi connectivity index (χ2n) is 12.4. The minimum Gasteiger partial charge on any atom is -0.267 e. The summed E-state index contributed by atoms with van der Waals surface area (Å²) in [6.07, 6.45) is 16.5. The maximum atomic E-state index is 12.6. The average molecular weight is 527 g/mol. The molecule has 8 heteroatoms. The van der Waals surface area contributed by atoms with E-state index in [1.54, 1.807) is 49.1 Å². The highest BCUT2D eigenvalue weighted by atomic mass is 16.2. The van der Waals surface area contributed by atoms with Crippen LogP contribution >= 0.6 is 0 Å². The lowest BCUT2D eigenvalue weighted by molar-refractivity contribution is -0.0815. The summed E-state index contributed by atoms with van der Waals surface area (Å²) in [7, 11) is 0. The Morgan fingerprint density at radius 3 is 2.10 bits per heavy atom. The van der Waals surface area contributed by atoms with Crippen molar-refractivity contribution in [2.24, 2.45) is 44.7 Å². The van der Waals surface area contributed by atoms with Crippen LogP contribution in [-0.4, -0.2) is 33.2 Å². The Morgan fingerprint density at radius 2 is 1.44 bits per heavy atom. The third-order valence-corrected chi connectivity index (χ3v) is 10.7. The van der Waals surface area contributed by atoms with Gasteiger partial charge in [0.25, 0.3) is 11.8 Å². The zero-order valence-electron chi connectivity index (χ0n) is 22.9. The summed E-state index contributed by atoms with van der Waals surface area (Å²) in [4.78, 5) is 33.0. The third kappa shape index (κ3) is 4.68. The van der Waals surface area contributed by atoms with Gasteiger partial charge in [0.05, 0.1) is 0 Å². The Kier molecular flexibility index (Phi) is 6.81. The first kappa shape index (κ1) is 25.8. The number of carbonyl (C=O) groups excluding carboxylic acids is 2. The Labute approximate surface area is 230 Å². The van der Waals surface area contributed by atoms with E-state index in [1.165, 1.54) is 25.0 Å². The van der Waals surface area contributed by atoms with Crippen molar-refractivity contribution in [3.8, 4) is 0 Å². The van der Waals surface area contributed by atoms with Crippen LogP contribution in [-0.2, 0) is 0 Å². The molecule has 39 heavy (non-hydrogen) atoms. The van der Waals surface area contributed by atoms with Gasteiger partial charge in [0.1, 0.15) is 0 Å². The standard InChI is InChI=1S/C31H38N6O2/c1-30-13-7-23(34-36-28(38)20-9-15-32-16-10-20)19-22(30)3-4-24-25-5-6-27(31(25,2)14-8-26(24)30)35-37-29(39)21-11-17-33-18-12-21/h9-12,15-18,22,24-26H,3-8,13-14,19H2,1-2H3,(H,36,38)(H,37,39)/b34-23-,35-27-/t22-,24-,25-,26-,30-,31-/m0/s1. The van der Waals surface area contributed by atoms with Gasteiger partial charge in [0.15, 0.2) is 0 Å². The number of aromatic nitrogens is 2. The van der Waals surface area contributed by atoms with Crippen molar-refractivity contribution in [1.82, 2.24) is 20.8 Å². The van der Waals surface area contributed by atoms with Crippen LogP contribution < -0.4 is 10.9 Å². The summed E-state index contributed by atoms with van der Waals surface area (Å²) in [6.45, 7) is 4.92. The molecule has 8 nitrogen and oxygen atoms in total. The van der Waals surface area contributed by atoms with Crippen molar-refractivity contribution < 1.29 is 9.59 Å². The van der Waals surface area contributed by atoms with E-state index in [1.807, 2.05) is 0 Å². The normalized spacial score (nSPS) is 35.5. The topological polar surface area (TPSA) is 109 Å². The molecule has 0 radical (unpaired) electrons. The molecule has 0 aliphatic heterocycles. The second kappa shape index (κ2) is 10.3. The van der Waals surface area contributed by atoms with Crippen molar-refractivity contribution in [3.63, 3.8) is 0 Å². The first-order chi connectivity index (χ1) is 18.9. The van der Waals surface area contributed by atoms with Crippen LogP contribution in [0.3, 0.4) is 0 Å². The van der Waals surface area contributed by atoms with Gasteiger partial charge in [-0.2, -0.15) is 10.2 Å². The molecule has 6 rings (SSSR count). The van der Waals surface area contributed by atoms with E-state index < -0.39 is 0 Å². The highest BCUT2D eigenvalue weighted by Gasteiger charge is 2.59. The molecule has 2 N–H and O–H groups in total. The number of fused-ring (bicyclic) bond motifs is 5. The first-order valence-corrected chi connectivity index (χ1v) is 14.4. The Hall–Kier alpha value is -3.42. The van der Waals surface area contributed by atoms with Crippen LogP contribution in [0.2, 0.25) is 0 Å². The lowest BCUT2D eigenvalue weighted by Gasteiger charge is -2.59. The predicted molar refractivity (Wildman–Crippen MR) is 150 cm³/mol. The van der Waals surface area contributed by atoms with E-state index in [2.05, 4.69) is 39.8 Å². The summed E-state index contributed by atoms with van der Waals surface area (Å²) in [5.41, 5.74) is 9.45. The average Bonchev–Trinajstić information content (AvgIpc) is 3.31. The lowest BCUT2D eigenvalue weighted by atomic mass is 9.45. The van der Waals surface area contributed by atoms with Crippen molar-refractivity contribution in [2.45, 2.75) is 71.6 Å². The van der Waals surface area contributed by atoms with Crippen molar-refractivity contribution >= 4 is 23.2 Å². The van der Waals surface area contributed by atoms with Crippen LogP contribution in [0.15, 0.2) is 59.3 Å². The molecule has 4 fully saturated rings. The zero-order chi connectivity index (χ0) is 27.0. The van der Waals surface area contributed by atoms with E-state index in [9.17, 15) is 9.59 Å². The van der Waals surface area contributed by atoms with Gasteiger partial charge in [-0.25, -0.2) is 10.9 Å². The van der Waals surface area contributed by atoms with Crippen LogP contribution in [0.5, 0.6) is 0 Å². The number of carbonyl (C=O) groups is 2. The summed E-state index contributed by atoms with van der Waals surface area (Å²) >= 11 is 0. The smallest absolute Gasteiger partial charge is 0.267 e. The molecule has 0 aromatic carbocycles. The number of pyridine rings is 2. The van der Waals surface area contributed by atoms with Crippen LogP contribution in [0.1, 0.15) is 92.4 Å². The van der Waals surface area contributed by atoms with Gasteiger partial charge in [-0.1, -0.05) is 13.8 Å². The van der Waals surface area contributed by atoms with E-state index >= 15 is 0 Å². The number of nitrogens with zero attached hydrogens (tertiary/aromatic N) is 4. The monoisotopic (exact) mass is 526 g/mol. The Bertz CT molecular complexity index is 1290. The van der Waals surface area contributed by atoms with Gasteiger partial charge in [-0.05, 0) is 111 Å². The summed E-state index contributed by atoms with van der Waals surface area (Å²) in [5, 5.41) is 9.26. The number of nitrogens with one attached hydrogen (secondary N) is 2. The minimum atomic E-state index is -0.177. The van der Waals surface area contributed by atoms with Gasteiger partial charge < -0.3 is 0 Å². The fourth-order valence-electron chi connectivity index (χ4n) is 8.52. The van der Waals surface area contributed by atoms with Crippen LogP contribution in [0.25, 0.3) is 0 Å². The lowest BCUT2D eigenvalue weighted by Crippen LogP contribution is -2.53. The maximum absolute atomic E-state index is 12.6. The van der Waals surface area contributed by atoms with E-state index in [-0.39, 0.29) is 17.2 Å². The SMILES string of the molecule is C[C@]12CC/C(=N/NC(=O)c3ccncc3)C[C@@H]1CC[C@@H]1[C@@H]2CC[C@]2(C)/C(=N\NC(=O)c3ccncc3)CC[C@@H]12. The van der Waals surface area contributed by atoms with Gasteiger partial charge in [0.2, 0.25) is 0 Å². The third-order valence-electron chi connectivity index (χ3n) is 10.7. The number of hydrogen-bond acceptors (Lipinski definition) is 6. The molecular weight excluding hydrogens is 488 g/mol. The molecule has 4 aliphatic rings. The minimum absolute atomic E-state index is 0.0639. The summed E-state index contributed by atoms with van der Waals surface area (Å²) in [6, 6.07) is 6.85. The molecule has 2 aromatic heterocycles. The molecule has 0 spiro atoms. The molecule has 204 valence electrons. The zero-order valence-corrected chi connectivity index (χ0v) is 22.9. The fraction of sp³-hybridized carbons (Fsp3) is 0.548. The molecule has 2 amide bonds. The van der Waals surface area contributed by atoms with E-state index in [4.69, 9.17) is 5.10 Å². The molecule has 0 bridgehead atoms. The van der Waals surface area contributed by atoms with Crippen LogP contribution in [0.4, 0.5) is 0 Å². The number of amides is 2. The first-order valence-electron chi connectivity index (χ1n) is 14.4. The Balaban J connectivity index is 1.12. The summed E-state index contributed by atoms with van der Waals surface area (Å²) in [5.74, 6) is 2.31. The van der Waals surface area contributed by atoms with Crippen molar-refractivity contribution in [1.29, 1.82) is 0 Å². The van der Waals surface area contributed by atoms with Crippen LogP contribution in [0, 0.1) is 34.5 Å². The van der Waals surface area contributed by atoms with E-state index in [0.717, 1.165) is 44.2 Å². The molecular formula is C31H38N6O2. The maximum Gasteiger partial charge on any atom is 0.271 e. The van der Waals surface area contributed by atoms with Crippen molar-refractivity contribution in [3.05, 3.63) is 60.2 Å². The fourth-order valence-corrected chi connectivity index (χ4v) is 8.52. The Morgan fingerprint density at radius 1 is 0.795 bits per heavy atom.